The first-order valence-electron chi connectivity index (χ1n) is 7.05. The maximum atomic E-state index is 12.1. The lowest BCUT2D eigenvalue weighted by atomic mass is 10.2. The lowest BCUT2D eigenvalue weighted by Gasteiger charge is -2.15. The summed E-state index contributed by atoms with van der Waals surface area (Å²) in [5, 5.41) is 3.26. The Hall–Kier alpha value is -2.20. The third-order valence-electron chi connectivity index (χ3n) is 2.94. The Bertz CT molecular complexity index is 628. The maximum absolute atomic E-state index is 12.1. The van der Waals surface area contributed by atoms with Crippen LogP contribution in [0.15, 0.2) is 48.5 Å². The van der Waals surface area contributed by atoms with Crippen LogP contribution in [0.25, 0.3) is 0 Å². The van der Waals surface area contributed by atoms with Crippen molar-refractivity contribution in [1.29, 1.82) is 0 Å². The molecule has 0 radical (unpaired) electrons. The summed E-state index contributed by atoms with van der Waals surface area (Å²) in [5.74, 6) is 1.00. The van der Waals surface area contributed by atoms with Crippen molar-refractivity contribution in [3.63, 3.8) is 0 Å². The zero-order valence-electron chi connectivity index (χ0n) is 12.5. The van der Waals surface area contributed by atoms with Crippen molar-refractivity contribution in [1.82, 2.24) is 0 Å². The van der Waals surface area contributed by atoms with Gasteiger partial charge in [0.15, 0.2) is 6.10 Å². The van der Waals surface area contributed by atoms with E-state index < -0.39 is 6.10 Å². The third-order valence-corrected chi connectivity index (χ3v) is 3.25. The van der Waals surface area contributed by atoms with Crippen molar-refractivity contribution in [2.24, 2.45) is 0 Å². The largest absolute Gasteiger partial charge is 0.494 e. The number of ether oxygens (including phenoxy) is 2. The normalized spacial score (nSPS) is 11.6. The Morgan fingerprint density at radius 2 is 1.86 bits per heavy atom. The van der Waals surface area contributed by atoms with Crippen molar-refractivity contribution in [3.8, 4) is 11.5 Å². The van der Waals surface area contributed by atoms with Crippen LogP contribution < -0.4 is 14.8 Å². The minimum atomic E-state index is -0.661. The predicted octanol–water partition coefficient (Wildman–Crippen LogP) is 4.14. The van der Waals surface area contributed by atoms with Crippen molar-refractivity contribution in [2.75, 3.05) is 11.9 Å². The first-order chi connectivity index (χ1) is 10.6. The number of carbonyl (C=O) groups excluding carboxylic acids is 1. The number of rotatable bonds is 6. The molecule has 5 heteroatoms. The van der Waals surface area contributed by atoms with Gasteiger partial charge < -0.3 is 14.8 Å². The van der Waals surface area contributed by atoms with Crippen LogP contribution in [0.4, 0.5) is 5.69 Å². The molecular weight excluding hydrogens is 302 g/mol. The van der Waals surface area contributed by atoms with Crippen LogP contribution in [0, 0.1) is 0 Å². The molecule has 0 aliphatic carbocycles. The maximum Gasteiger partial charge on any atom is 0.265 e. The fraction of sp³-hybridized carbons (Fsp3) is 0.235. The van der Waals surface area contributed by atoms with Gasteiger partial charge in [-0.3, -0.25) is 4.79 Å². The first-order valence-corrected chi connectivity index (χ1v) is 7.43. The van der Waals surface area contributed by atoms with Gasteiger partial charge >= 0.3 is 0 Å². The molecule has 1 N–H and O–H groups in total. The van der Waals surface area contributed by atoms with Crippen LogP contribution in [-0.4, -0.2) is 18.6 Å². The molecule has 0 unspecified atom stereocenters. The standard InChI is InChI=1S/C17H18ClNO3/c1-3-21-14-10-8-13(9-11-14)19-17(20)12(2)22-16-7-5-4-6-15(16)18/h4-12H,3H2,1-2H3,(H,19,20)/t12-/m1/s1. The number of nitrogens with one attached hydrogen (secondary N) is 1. The van der Waals surface area contributed by atoms with Crippen LogP contribution >= 0.6 is 11.6 Å². The van der Waals surface area contributed by atoms with E-state index in [1.54, 1.807) is 55.5 Å². The molecule has 0 saturated carbocycles. The fourth-order valence-electron chi connectivity index (χ4n) is 1.83. The molecule has 22 heavy (non-hydrogen) atoms. The summed E-state index contributed by atoms with van der Waals surface area (Å²) in [5.41, 5.74) is 0.683. The number of hydrogen-bond acceptors (Lipinski definition) is 3. The highest BCUT2D eigenvalue weighted by atomic mass is 35.5. The van der Waals surface area contributed by atoms with E-state index in [1.165, 1.54) is 0 Å². The third kappa shape index (κ3) is 4.40. The first kappa shape index (κ1) is 16.2. The predicted molar refractivity (Wildman–Crippen MR) is 87.8 cm³/mol. The molecule has 0 saturated heterocycles. The summed E-state index contributed by atoms with van der Waals surface area (Å²) >= 11 is 6.01. The van der Waals surface area contributed by atoms with Gasteiger partial charge in [0.25, 0.3) is 5.91 Å². The number of halogens is 1. The summed E-state index contributed by atoms with van der Waals surface area (Å²) < 4.78 is 10.9. The molecule has 0 aliphatic heterocycles. The van der Waals surface area contributed by atoms with Gasteiger partial charge in [-0.1, -0.05) is 23.7 Å². The molecule has 2 aromatic carbocycles. The second kappa shape index (κ2) is 7.71. The van der Waals surface area contributed by atoms with E-state index >= 15 is 0 Å². The number of benzene rings is 2. The second-order valence-electron chi connectivity index (χ2n) is 4.64. The zero-order chi connectivity index (χ0) is 15.9. The fourth-order valence-corrected chi connectivity index (χ4v) is 2.01. The van der Waals surface area contributed by atoms with Gasteiger partial charge in [0.2, 0.25) is 0 Å². The molecule has 2 aromatic rings. The Labute approximate surface area is 135 Å². The number of carbonyl (C=O) groups is 1. The van der Waals surface area contributed by atoms with Gasteiger partial charge in [-0.2, -0.15) is 0 Å². The molecule has 0 spiro atoms. The van der Waals surface area contributed by atoms with E-state index in [1.807, 2.05) is 6.92 Å². The molecule has 4 nitrogen and oxygen atoms in total. The Morgan fingerprint density at radius 1 is 1.18 bits per heavy atom. The molecule has 0 fully saturated rings. The summed E-state index contributed by atoms with van der Waals surface area (Å²) in [4.78, 5) is 12.1. The van der Waals surface area contributed by atoms with Gasteiger partial charge in [0.05, 0.1) is 11.6 Å². The highest BCUT2D eigenvalue weighted by molar-refractivity contribution is 6.32. The summed E-state index contributed by atoms with van der Waals surface area (Å²) in [7, 11) is 0. The number of amides is 1. The van der Waals surface area contributed by atoms with Crippen LogP contribution in [0.3, 0.4) is 0 Å². The van der Waals surface area contributed by atoms with E-state index in [-0.39, 0.29) is 5.91 Å². The van der Waals surface area contributed by atoms with Crippen molar-refractivity contribution in [2.45, 2.75) is 20.0 Å². The molecule has 0 aromatic heterocycles. The van der Waals surface area contributed by atoms with E-state index in [0.717, 1.165) is 5.75 Å². The summed E-state index contributed by atoms with van der Waals surface area (Å²) in [6.45, 7) is 4.20. The van der Waals surface area contributed by atoms with Crippen molar-refractivity contribution >= 4 is 23.2 Å². The molecule has 116 valence electrons. The zero-order valence-corrected chi connectivity index (χ0v) is 13.3. The summed E-state index contributed by atoms with van der Waals surface area (Å²) in [6, 6.07) is 14.2. The van der Waals surface area contributed by atoms with E-state index in [4.69, 9.17) is 21.1 Å². The van der Waals surface area contributed by atoms with E-state index in [2.05, 4.69) is 5.32 Å². The Morgan fingerprint density at radius 3 is 2.50 bits per heavy atom. The molecule has 2 rings (SSSR count). The summed E-state index contributed by atoms with van der Waals surface area (Å²) in [6.07, 6.45) is -0.661. The van der Waals surface area contributed by atoms with Crippen molar-refractivity contribution < 1.29 is 14.3 Å². The van der Waals surface area contributed by atoms with Crippen LogP contribution in [-0.2, 0) is 4.79 Å². The molecular formula is C17H18ClNO3. The quantitative estimate of drug-likeness (QED) is 0.870. The number of para-hydroxylation sites is 1. The number of anilines is 1. The van der Waals surface area contributed by atoms with E-state index in [9.17, 15) is 4.79 Å². The molecule has 0 heterocycles. The highest BCUT2D eigenvalue weighted by Crippen LogP contribution is 2.24. The molecule has 1 atom stereocenters. The monoisotopic (exact) mass is 319 g/mol. The lowest BCUT2D eigenvalue weighted by molar-refractivity contribution is -0.122. The topological polar surface area (TPSA) is 47.6 Å². The van der Waals surface area contributed by atoms with Crippen LogP contribution in [0.2, 0.25) is 5.02 Å². The van der Waals surface area contributed by atoms with Gasteiger partial charge in [-0.15, -0.1) is 0 Å². The Balaban J connectivity index is 1.95. The van der Waals surface area contributed by atoms with Gasteiger partial charge in [0, 0.05) is 5.69 Å². The van der Waals surface area contributed by atoms with Crippen LogP contribution in [0.1, 0.15) is 13.8 Å². The minimum absolute atomic E-state index is 0.246. The second-order valence-corrected chi connectivity index (χ2v) is 5.04. The van der Waals surface area contributed by atoms with Gasteiger partial charge in [-0.25, -0.2) is 0 Å². The molecule has 0 aliphatic rings. The van der Waals surface area contributed by atoms with Gasteiger partial charge in [0.1, 0.15) is 11.5 Å². The minimum Gasteiger partial charge on any atom is -0.494 e. The average molecular weight is 320 g/mol. The molecule has 0 bridgehead atoms. The number of hydrogen-bond donors (Lipinski definition) is 1. The average Bonchev–Trinajstić information content (AvgIpc) is 2.51. The smallest absolute Gasteiger partial charge is 0.265 e. The van der Waals surface area contributed by atoms with Crippen molar-refractivity contribution in [3.05, 3.63) is 53.6 Å². The SMILES string of the molecule is CCOc1ccc(NC(=O)[C@@H](C)Oc2ccccc2Cl)cc1. The van der Waals surface area contributed by atoms with Gasteiger partial charge in [-0.05, 0) is 50.2 Å². The lowest BCUT2D eigenvalue weighted by Crippen LogP contribution is -2.30. The van der Waals surface area contributed by atoms with E-state index in [0.29, 0.717) is 23.1 Å². The molecule has 1 amide bonds. The Kier molecular flexibility index (Phi) is 5.67. The van der Waals surface area contributed by atoms with Crippen LogP contribution in [0.5, 0.6) is 11.5 Å². The highest BCUT2D eigenvalue weighted by Gasteiger charge is 2.16.